The van der Waals surface area contributed by atoms with Gasteiger partial charge in [0.2, 0.25) is 16.9 Å². The molecule has 0 atom stereocenters. The Morgan fingerprint density at radius 3 is 2.63 bits per heavy atom. The first-order chi connectivity index (χ1) is 14.1. The number of thiocarbonyl (C=S) groups is 1. The van der Waals surface area contributed by atoms with Gasteiger partial charge in [-0.3, -0.25) is 4.79 Å². The molecular formula is C18H13ClF3N5O2S. The first-order valence-corrected chi connectivity index (χ1v) is 9.04. The molecule has 3 rings (SSSR count). The van der Waals surface area contributed by atoms with Crippen LogP contribution in [0.2, 0.25) is 5.02 Å². The van der Waals surface area contributed by atoms with E-state index in [0.717, 1.165) is 16.7 Å². The summed E-state index contributed by atoms with van der Waals surface area (Å²) in [7, 11) is 0. The number of benzene rings is 2. The minimum atomic E-state index is -4.64. The average molecular weight is 456 g/mol. The molecule has 0 saturated carbocycles. The summed E-state index contributed by atoms with van der Waals surface area (Å²) in [5, 5.41) is 20.5. The molecule has 0 aliphatic carbocycles. The summed E-state index contributed by atoms with van der Waals surface area (Å²) < 4.78 is 40.6. The van der Waals surface area contributed by atoms with Crippen LogP contribution in [-0.4, -0.2) is 20.7 Å². The van der Waals surface area contributed by atoms with Crippen LogP contribution in [0.1, 0.15) is 5.56 Å². The lowest BCUT2D eigenvalue weighted by molar-refractivity contribution is -0.137. The number of azo groups is 1. The van der Waals surface area contributed by atoms with Crippen molar-refractivity contribution in [3.63, 3.8) is 0 Å². The molecule has 12 heteroatoms. The van der Waals surface area contributed by atoms with Crippen LogP contribution in [0.3, 0.4) is 0 Å². The van der Waals surface area contributed by atoms with E-state index in [9.17, 15) is 23.1 Å². The molecule has 156 valence electrons. The summed E-state index contributed by atoms with van der Waals surface area (Å²) in [5.74, 6) is -1.25. The van der Waals surface area contributed by atoms with Crippen LogP contribution < -0.4 is 11.1 Å². The summed E-state index contributed by atoms with van der Waals surface area (Å²) >= 11 is 10.6. The fourth-order valence-electron chi connectivity index (χ4n) is 2.83. The maximum absolute atomic E-state index is 13.1. The summed E-state index contributed by atoms with van der Waals surface area (Å²) in [6, 6.07) is 9.09. The van der Waals surface area contributed by atoms with Gasteiger partial charge in [-0.25, -0.2) is 0 Å². The van der Waals surface area contributed by atoms with Gasteiger partial charge in [0.15, 0.2) is 5.69 Å². The zero-order chi connectivity index (χ0) is 22.1. The Morgan fingerprint density at radius 2 is 1.97 bits per heavy atom. The molecule has 7 nitrogen and oxygen atoms in total. The molecule has 4 N–H and O–H groups in total. The number of carbonyl (C=O) groups excluding carboxylic acids is 1. The van der Waals surface area contributed by atoms with Crippen molar-refractivity contribution in [1.29, 1.82) is 0 Å². The van der Waals surface area contributed by atoms with Gasteiger partial charge in [0.1, 0.15) is 6.54 Å². The summed E-state index contributed by atoms with van der Waals surface area (Å²) in [5.41, 5.74) is 4.22. The summed E-state index contributed by atoms with van der Waals surface area (Å²) in [6.45, 7) is -0.501. The van der Waals surface area contributed by atoms with Crippen LogP contribution in [0.4, 0.5) is 24.5 Å². The number of aromatic nitrogens is 1. The Bertz CT molecular complexity index is 1180. The van der Waals surface area contributed by atoms with E-state index in [4.69, 9.17) is 17.3 Å². The van der Waals surface area contributed by atoms with Crippen molar-refractivity contribution < 1.29 is 23.1 Å². The maximum Gasteiger partial charge on any atom is 0.418 e. The zero-order valence-electron chi connectivity index (χ0n) is 14.9. The highest BCUT2D eigenvalue weighted by atomic mass is 35.5. The number of hydrogen-bond acceptors (Lipinski definition) is 4. The molecule has 0 spiro atoms. The topological polar surface area (TPSA) is 105 Å². The van der Waals surface area contributed by atoms with Gasteiger partial charge in [-0.05, 0) is 42.5 Å². The van der Waals surface area contributed by atoms with Gasteiger partial charge in [-0.15, -0.1) is 10.2 Å². The number of carbonyl (C=O) groups is 1. The van der Waals surface area contributed by atoms with Crippen LogP contribution in [0.5, 0.6) is 5.88 Å². The lowest BCUT2D eigenvalue weighted by Gasteiger charge is -2.14. The molecular weight excluding hydrogens is 443 g/mol. The van der Waals surface area contributed by atoms with E-state index in [0.29, 0.717) is 15.9 Å². The molecule has 0 bridgehead atoms. The molecule has 0 unspecified atom stereocenters. The van der Waals surface area contributed by atoms with Gasteiger partial charge in [-0.2, -0.15) is 13.2 Å². The molecule has 0 fully saturated rings. The van der Waals surface area contributed by atoms with Gasteiger partial charge >= 0.3 is 6.18 Å². The first-order valence-electron chi connectivity index (χ1n) is 8.26. The number of fused-ring (bicyclic) bond motifs is 1. The minimum absolute atomic E-state index is 0.0382. The van der Waals surface area contributed by atoms with Gasteiger partial charge < -0.3 is 20.7 Å². The number of alkyl halides is 3. The summed E-state index contributed by atoms with van der Waals surface area (Å²) in [4.78, 5) is 12.5. The van der Waals surface area contributed by atoms with E-state index in [2.05, 4.69) is 27.8 Å². The highest BCUT2D eigenvalue weighted by molar-refractivity contribution is 7.80. The second kappa shape index (κ2) is 8.28. The maximum atomic E-state index is 13.1. The van der Waals surface area contributed by atoms with Crippen LogP contribution in [0.15, 0.2) is 52.7 Å². The smallest absolute Gasteiger partial charge is 0.418 e. The molecule has 30 heavy (non-hydrogen) atoms. The number of hydrogen-bond donors (Lipinski definition) is 3. The number of nitrogens with zero attached hydrogens (tertiary/aromatic N) is 3. The number of anilines is 1. The molecule has 1 amide bonds. The predicted molar refractivity (Wildman–Crippen MR) is 110 cm³/mol. The zero-order valence-corrected chi connectivity index (χ0v) is 16.5. The van der Waals surface area contributed by atoms with Crippen LogP contribution in [-0.2, 0) is 17.5 Å². The van der Waals surface area contributed by atoms with Gasteiger partial charge in [0, 0.05) is 10.4 Å². The normalized spacial score (nSPS) is 11.9. The van der Waals surface area contributed by atoms with Crippen molar-refractivity contribution in [3.05, 3.63) is 53.1 Å². The Labute approximate surface area is 178 Å². The van der Waals surface area contributed by atoms with Gasteiger partial charge in [-0.1, -0.05) is 23.7 Å². The number of amides is 1. The highest BCUT2D eigenvalue weighted by Gasteiger charge is 2.33. The lowest BCUT2D eigenvalue weighted by atomic mass is 10.1. The van der Waals surface area contributed by atoms with Gasteiger partial charge in [0.25, 0.3) is 0 Å². The van der Waals surface area contributed by atoms with E-state index < -0.39 is 35.8 Å². The standard InChI is InChI=1S/C18H13ClF3N5O2S/c19-9-5-6-13-10(7-9)15(25-26-17(23)30)16(29)27(13)8-14(28)24-12-4-2-1-3-11(12)18(20,21)22/h1-7,29H,8H2,(H2,23,30)(H,24,28). The third-order valence-electron chi connectivity index (χ3n) is 4.03. The number of rotatable bonds is 4. The van der Waals surface area contributed by atoms with E-state index in [1.807, 2.05) is 0 Å². The Hall–Kier alpha value is -3.18. The third kappa shape index (κ3) is 4.52. The van der Waals surface area contributed by atoms with Crippen molar-refractivity contribution in [2.45, 2.75) is 12.7 Å². The molecule has 1 heterocycles. The molecule has 0 aliphatic heterocycles. The molecule has 0 saturated heterocycles. The Balaban J connectivity index is 1.98. The Kier molecular flexibility index (Phi) is 5.94. The van der Waals surface area contributed by atoms with E-state index in [-0.39, 0.29) is 10.8 Å². The fraction of sp³-hybridized carbons (Fsp3) is 0.111. The largest absolute Gasteiger partial charge is 0.493 e. The summed E-state index contributed by atoms with van der Waals surface area (Å²) in [6.07, 6.45) is -4.64. The quantitative estimate of drug-likeness (QED) is 0.381. The fourth-order valence-corrected chi connectivity index (χ4v) is 3.04. The van der Waals surface area contributed by atoms with E-state index >= 15 is 0 Å². The van der Waals surface area contributed by atoms with Crippen molar-refractivity contribution in [1.82, 2.24) is 4.57 Å². The molecule has 1 aromatic heterocycles. The second-order valence-corrected chi connectivity index (χ2v) is 6.90. The first kappa shape index (κ1) is 21.5. The highest BCUT2D eigenvalue weighted by Crippen LogP contribution is 2.40. The lowest BCUT2D eigenvalue weighted by Crippen LogP contribution is -2.21. The van der Waals surface area contributed by atoms with Crippen molar-refractivity contribution in [2.75, 3.05) is 5.32 Å². The number of nitrogens with two attached hydrogens (primary N) is 1. The number of aromatic hydroxyl groups is 1. The Morgan fingerprint density at radius 1 is 1.27 bits per heavy atom. The van der Waals surface area contributed by atoms with Gasteiger partial charge in [0.05, 0.1) is 16.8 Å². The third-order valence-corrected chi connectivity index (χ3v) is 4.35. The van der Waals surface area contributed by atoms with Crippen molar-refractivity contribution in [3.8, 4) is 5.88 Å². The van der Waals surface area contributed by atoms with E-state index in [1.54, 1.807) is 0 Å². The van der Waals surface area contributed by atoms with Crippen molar-refractivity contribution in [2.24, 2.45) is 16.0 Å². The van der Waals surface area contributed by atoms with Crippen LogP contribution in [0.25, 0.3) is 10.9 Å². The van der Waals surface area contributed by atoms with Crippen molar-refractivity contribution >= 4 is 57.1 Å². The van der Waals surface area contributed by atoms with E-state index in [1.165, 1.54) is 30.3 Å². The average Bonchev–Trinajstić information content (AvgIpc) is 2.90. The monoisotopic (exact) mass is 455 g/mol. The molecule has 0 radical (unpaired) electrons. The number of para-hydroxylation sites is 1. The number of nitrogens with one attached hydrogen (secondary N) is 1. The van der Waals surface area contributed by atoms with Crippen LogP contribution in [0, 0.1) is 0 Å². The minimum Gasteiger partial charge on any atom is -0.493 e. The molecule has 0 aliphatic rings. The molecule has 2 aromatic carbocycles. The SMILES string of the molecule is NC(=S)N=Nc1c(O)n(CC(=O)Nc2ccccc2C(F)(F)F)c2ccc(Cl)cc12. The number of halogens is 4. The van der Waals surface area contributed by atoms with Crippen LogP contribution >= 0.6 is 23.8 Å². The predicted octanol–water partition coefficient (Wildman–Crippen LogP) is 4.99. The second-order valence-electron chi connectivity index (χ2n) is 6.05. The molecule has 3 aromatic rings.